The molecule has 0 radical (unpaired) electrons. The molecule has 0 N–H and O–H groups in total. The Balaban J connectivity index is 2.34. The maximum atomic E-state index is 2.29. The standard InChI is InChI=1S/C14H20/c1-2-4-6-8-10-12-14-13-11-9-7-5-3-1/h1-2,5-8,13-14H,3-4,9-12H2/b2-1+,7-5-,8-6?,14-13+. The van der Waals surface area contributed by atoms with Crippen molar-refractivity contribution in [1.29, 1.82) is 0 Å². The molecule has 0 nitrogen and oxygen atoms in total. The van der Waals surface area contributed by atoms with Crippen molar-refractivity contribution in [2.24, 2.45) is 0 Å². The van der Waals surface area contributed by atoms with Crippen LogP contribution in [0, 0.1) is 0 Å². The molecule has 0 spiro atoms. The zero-order valence-corrected chi connectivity index (χ0v) is 8.86. The van der Waals surface area contributed by atoms with E-state index in [1.165, 1.54) is 25.7 Å². The highest BCUT2D eigenvalue weighted by atomic mass is 13.9. The van der Waals surface area contributed by atoms with E-state index in [0.29, 0.717) is 0 Å². The molecule has 0 aromatic heterocycles. The molecule has 0 bridgehead atoms. The van der Waals surface area contributed by atoms with E-state index in [1.807, 2.05) is 0 Å². The highest BCUT2D eigenvalue weighted by Gasteiger charge is 1.80. The van der Waals surface area contributed by atoms with Gasteiger partial charge in [0, 0.05) is 0 Å². The van der Waals surface area contributed by atoms with Gasteiger partial charge < -0.3 is 0 Å². The van der Waals surface area contributed by atoms with Crippen molar-refractivity contribution in [2.45, 2.75) is 38.5 Å². The van der Waals surface area contributed by atoms with Crippen LogP contribution >= 0.6 is 0 Å². The summed E-state index contributed by atoms with van der Waals surface area (Å²) in [7, 11) is 0. The lowest BCUT2D eigenvalue weighted by molar-refractivity contribution is 0.997. The van der Waals surface area contributed by atoms with Gasteiger partial charge in [0.15, 0.2) is 0 Å². The van der Waals surface area contributed by atoms with Gasteiger partial charge >= 0.3 is 0 Å². The van der Waals surface area contributed by atoms with Crippen molar-refractivity contribution in [3.63, 3.8) is 0 Å². The van der Waals surface area contributed by atoms with Crippen LogP contribution in [0.3, 0.4) is 0 Å². The van der Waals surface area contributed by atoms with Crippen LogP contribution in [0.2, 0.25) is 0 Å². The average Bonchev–Trinajstić information content (AvgIpc) is 2.22. The summed E-state index contributed by atoms with van der Waals surface area (Å²) >= 11 is 0. The molecule has 0 aliphatic heterocycles. The lowest BCUT2D eigenvalue weighted by Gasteiger charge is -1.90. The van der Waals surface area contributed by atoms with Crippen molar-refractivity contribution < 1.29 is 0 Å². The summed E-state index contributed by atoms with van der Waals surface area (Å²) in [6, 6.07) is 0. The molecule has 1 aliphatic carbocycles. The lowest BCUT2D eigenvalue weighted by atomic mass is 10.2. The molecule has 0 aromatic carbocycles. The summed E-state index contributed by atoms with van der Waals surface area (Å²) in [5.41, 5.74) is 0. The molecule has 14 heavy (non-hydrogen) atoms. The first-order valence-electron chi connectivity index (χ1n) is 5.60. The van der Waals surface area contributed by atoms with Gasteiger partial charge in [-0.2, -0.15) is 0 Å². The summed E-state index contributed by atoms with van der Waals surface area (Å²) in [6.07, 6.45) is 25.0. The molecular formula is C14H20. The minimum atomic E-state index is 1.08. The van der Waals surface area contributed by atoms with Crippen LogP contribution in [-0.4, -0.2) is 0 Å². The van der Waals surface area contributed by atoms with E-state index in [2.05, 4.69) is 48.6 Å². The molecule has 0 saturated carbocycles. The summed E-state index contributed by atoms with van der Waals surface area (Å²) in [5.74, 6) is 0. The van der Waals surface area contributed by atoms with E-state index in [1.54, 1.807) is 0 Å². The van der Waals surface area contributed by atoms with E-state index in [4.69, 9.17) is 0 Å². The Morgan fingerprint density at radius 3 is 1.07 bits per heavy atom. The Labute approximate surface area is 87.7 Å². The van der Waals surface area contributed by atoms with E-state index in [0.717, 1.165) is 12.8 Å². The van der Waals surface area contributed by atoms with Gasteiger partial charge in [0.05, 0.1) is 0 Å². The van der Waals surface area contributed by atoms with Crippen LogP contribution < -0.4 is 0 Å². The molecule has 0 unspecified atom stereocenters. The number of rotatable bonds is 0. The fraction of sp³-hybridized carbons (Fsp3) is 0.429. The highest BCUT2D eigenvalue weighted by Crippen LogP contribution is 2.01. The zero-order chi connectivity index (χ0) is 9.90. The Kier molecular flexibility index (Phi) is 6.74. The van der Waals surface area contributed by atoms with Crippen LogP contribution in [-0.2, 0) is 0 Å². The van der Waals surface area contributed by atoms with Crippen LogP contribution in [0.5, 0.6) is 0 Å². The Bertz CT molecular complexity index is 204. The van der Waals surface area contributed by atoms with Gasteiger partial charge in [-0.1, -0.05) is 48.6 Å². The van der Waals surface area contributed by atoms with Crippen molar-refractivity contribution in [1.82, 2.24) is 0 Å². The maximum absolute atomic E-state index is 2.29. The van der Waals surface area contributed by atoms with E-state index < -0.39 is 0 Å². The van der Waals surface area contributed by atoms with E-state index in [-0.39, 0.29) is 0 Å². The normalized spacial score (nSPS) is 26.3. The van der Waals surface area contributed by atoms with Gasteiger partial charge in [-0.3, -0.25) is 0 Å². The predicted molar refractivity (Wildman–Crippen MR) is 64.3 cm³/mol. The predicted octanol–water partition coefficient (Wildman–Crippen LogP) is 4.57. The molecule has 0 aromatic rings. The second-order valence-electron chi connectivity index (χ2n) is 3.51. The van der Waals surface area contributed by atoms with Crippen LogP contribution in [0.1, 0.15) is 38.5 Å². The third kappa shape index (κ3) is 6.47. The molecule has 0 saturated heterocycles. The molecule has 0 heterocycles. The van der Waals surface area contributed by atoms with Gasteiger partial charge in [0.2, 0.25) is 0 Å². The van der Waals surface area contributed by atoms with Crippen molar-refractivity contribution in [3.8, 4) is 0 Å². The molecule has 1 aliphatic rings. The van der Waals surface area contributed by atoms with Crippen LogP contribution in [0.4, 0.5) is 0 Å². The highest BCUT2D eigenvalue weighted by molar-refractivity contribution is 4.99. The first-order chi connectivity index (χ1) is 7.00. The SMILES string of the molecule is C1=CCC/C=C/CC/C=C\C/C=C/C1. The molecule has 0 amide bonds. The lowest BCUT2D eigenvalue weighted by Crippen LogP contribution is -1.70. The van der Waals surface area contributed by atoms with Gasteiger partial charge in [-0.05, 0) is 38.5 Å². The summed E-state index contributed by atoms with van der Waals surface area (Å²) in [4.78, 5) is 0. The van der Waals surface area contributed by atoms with Crippen LogP contribution in [0.25, 0.3) is 0 Å². The van der Waals surface area contributed by atoms with E-state index >= 15 is 0 Å². The Morgan fingerprint density at radius 2 is 0.643 bits per heavy atom. The average molecular weight is 188 g/mol. The van der Waals surface area contributed by atoms with Crippen molar-refractivity contribution in [3.05, 3.63) is 48.6 Å². The maximum Gasteiger partial charge on any atom is -0.0169 e. The van der Waals surface area contributed by atoms with Gasteiger partial charge in [-0.15, -0.1) is 0 Å². The molecule has 0 atom stereocenters. The van der Waals surface area contributed by atoms with Crippen molar-refractivity contribution >= 4 is 0 Å². The Hall–Kier alpha value is -1.04. The van der Waals surface area contributed by atoms with Gasteiger partial charge in [0.1, 0.15) is 0 Å². The smallest absolute Gasteiger partial charge is 0.0169 e. The van der Waals surface area contributed by atoms with Crippen molar-refractivity contribution in [2.75, 3.05) is 0 Å². The third-order valence-corrected chi connectivity index (χ3v) is 2.21. The monoisotopic (exact) mass is 188 g/mol. The molecule has 0 fully saturated rings. The molecule has 76 valence electrons. The van der Waals surface area contributed by atoms with E-state index in [9.17, 15) is 0 Å². The van der Waals surface area contributed by atoms with Gasteiger partial charge in [0.25, 0.3) is 0 Å². The fourth-order valence-corrected chi connectivity index (χ4v) is 1.40. The summed E-state index contributed by atoms with van der Waals surface area (Å²) in [5, 5.41) is 0. The number of hydrogen-bond acceptors (Lipinski definition) is 0. The summed E-state index contributed by atoms with van der Waals surface area (Å²) in [6.45, 7) is 0. The first-order valence-corrected chi connectivity index (χ1v) is 5.60. The van der Waals surface area contributed by atoms with Crippen LogP contribution in [0.15, 0.2) is 48.6 Å². The topological polar surface area (TPSA) is 0 Å². The number of hydrogen-bond donors (Lipinski definition) is 0. The fourth-order valence-electron chi connectivity index (χ4n) is 1.40. The first kappa shape index (κ1) is 11.0. The molecule has 0 heteroatoms. The third-order valence-electron chi connectivity index (χ3n) is 2.21. The largest absolute Gasteiger partial charge is 0.0882 e. The zero-order valence-electron chi connectivity index (χ0n) is 8.86. The minimum Gasteiger partial charge on any atom is -0.0882 e. The van der Waals surface area contributed by atoms with Gasteiger partial charge in [-0.25, -0.2) is 0 Å². The number of allylic oxidation sites excluding steroid dienone is 8. The second kappa shape index (κ2) is 8.55. The Morgan fingerprint density at radius 1 is 0.357 bits per heavy atom. The minimum absolute atomic E-state index is 1.08. The summed E-state index contributed by atoms with van der Waals surface area (Å²) < 4.78 is 0. The molecular weight excluding hydrogens is 168 g/mol. The quantitative estimate of drug-likeness (QED) is 0.489. The second-order valence-corrected chi connectivity index (χ2v) is 3.51. The molecule has 1 rings (SSSR count).